The molecule has 0 atom stereocenters. The molecule has 2 nitrogen and oxygen atoms in total. The third-order valence-electron chi connectivity index (χ3n) is 1.22. The number of hydrogen-bond acceptors (Lipinski definition) is 2. The van der Waals surface area contributed by atoms with E-state index in [4.69, 9.17) is 0 Å². The summed E-state index contributed by atoms with van der Waals surface area (Å²) in [4.78, 5) is 11.5. The molecule has 0 spiro atoms. The van der Waals surface area contributed by atoms with Gasteiger partial charge in [0, 0.05) is 27.4 Å². The van der Waals surface area contributed by atoms with Crippen molar-refractivity contribution in [3.63, 3.8) is 0 Å². The van der Waals surface area contributed by atoms with E-state index in [0.29, 0.717) is 6.54 Å². The Balaban J connectivity index is 2.19. The van der Waals surface area contributed by atoms with Crippen molar-refractivity contribution in [3.8, 4) is 0 Å². The highest BCUT2D eigenvalue weighted by atomic mass is 79.9. The standard InChI is InChI=1S/C7H8BrNOS/c8-7(10)9-4-3-6-2-1-5-11-6/h1-2,5H,3-4H2,(H,9,10). The summed E-state index contributed by atoms with van der Waals surface area (Å²) in [5, 5.41) is 4.70. The summed E-state index contributed by atoms with van der Waals surface area (Å²) in [7, 11) is 0. The molecule has 0 saturated carbocycles. The number of nitrogens with one attached hydrogen (secondary N) is 1. The summed E-state index contributed by atoms with van der Waals surface area (Å²) < 4.78 is 0. The Morgan fingerprint density at radius 3 is 3.09 bits per heavy atom. The zero-order chi connectivity index (χ0) is 8.10. The van der Waals surface area contributed by atoms with Crippen LogP contribution in [0.5, 0.6) is 0 Å². The van der Waals surface area contributed by atoms with E-state index in [2.05, 4.69) is 27.3 Å². The van der Waals surface area contributed by atoms with Gasteiger partial charge in [-0.05, 0) is 17.9 Å². The Bertz CT molecular complexity index is 222. The van der Waals surface area contributed by atoms with Gasteiger partial charge >= 0.3 is 0 Å². The average Bonchev–Trinajstić information content (AvgIpc) is 2.39. The van der Waals surface area contributed by atoms with Gasteiger partial charge in [0.2, 0.25) is 0 Å². The van der Waals surface area contributed by atoms with Crippen LogP contribution in [0.3, 0.4) is 0 Å². The fraction of sp³-hybridized carbons (Fsp3) is 0.286. The number of rotatable bonds is 3. The molecule has 11 heavy (non-hydrogen) atoms. The molecule has 0 bridgehead atoms. The summed E-state index contributed by atoms with van der Waals surface area (Å²) in [6.07, 6.45) is 0.912. The minimum absolute atomic E-state index is 0.144. The summed E-state index contributed by atoms with van der Waals surface area (Å²) in [6, 6.07) is 4.07. The Labute approximate surface area is 77.7 Å². The molecule has 0 fully saturated rings. The molecule has 0 aliphatic carbocycles. The van der Waals surface area contributed by atoms with Gasteiger partial charge in [0.05, 0.1) is 0 Å². The number of hydrogen-bond donors (Lipinski definition) is 1. The molecule has 1 aromatic rings. The van der Waals surface area contributed by atoms with Crippen LogP contribution in [0.4, 0.5) is 4.79 Å². The minimum Gasteiger partial charge on any atom is -0.346 e. The first-order chi connectivity index (χ1) is 5.29. The Morgan fingerprint density at radius 2 is 2.55 bits per heavy atom. The highest BCUT2D eigenvalue weighted by molar-refractivity contribution is 9.18. The molecule has 1 heterocycles. The van der Waals surface area contributed by atoms with E-state index in [1.165, 1.54) is 4.88 Å². The molecule has 0 radical (unpaired) electrons. The van der Waals surface area contributed by atoms with Gasteiger partial charge in [-0.1, -0.05) is 6.07 Å². The molecule has 1 N–H and O–H groups in total. The SMILES string of the molecule is O=C(Br)NCCc1cccs1. The summed E-state index contributed by atoms with van der Waals surface area (Å²) in [5.41, 5.74) is 0. The van der Waals surface area contributed by atoms with Crippen molar-refractivity contribution < 1.29 is 4.79 Å². The van der Waals surface area contributed by atoms with Crippen LogP contribution in [0.25, 0.3) is 0 Å². The second-order valence-electron chi connectivity index (χ2n) is 2.03. The molecule has 1 aromatic heterocycles. The fourth-order valence-corrected chi connectivity index (χ4v) is 1.65. The highest BCUT2D eigenvalue weighted by Gasteiger charge is 1.94. The first kappa shape index (κ1) is 8.74. The Morgan fingerprint density at radius 1 is 1.73 bits per heavy atom. The van der Waals surface area contributed by atoms with Crippen LogP contribution in [0.2, 0.25) is 0 Å². The molecular weight excluding hydrogens is 226 g/mol. The third-order valence-corrected chi connectivity index (χ3v) is 2.43. The van der Waals surface area contributed by atoms with Gasteiger partial charge in [0.1, 0.15) is 0 Å². The molecule has 0 aromatic carbocycles. The van der Waals surface area contributed by atoms with Crippen molar-refractivity contribution in [3.05, 3.63) is 22.4 Å². The molecule has 0 saturated heterocycles. The van der Waals surface area contributed by atoms with Gasteiger partial charge in [0.15, 0.2) is 0 Å². The van der Waals surface area contributed by atoms with Gasteiger partial charge in [-0.15, -0.1) is 11.3 Å². The fourth-order valence-electron chi connectivity index (χ4n) is 0.739. The van der Waals surface area contributed by atoms with Gasteiger partial charge in [-0.25, -0.2) is 0 Å². The van der Waals surface area contributed by atoms with Crippen LogP contribution in [0.15, 0.2) is 17.5 Å². The number of thiophene rings is 1. The molecule has 1 amide bonds. The summed E-state index contributed by atoms with van der Waals surface area (Å²) in [6.45, 7) is 0.699. The van der Waals surface area contributed by atoms with Crippen LogP contribution in [-0.4, -0.2) is 11.4 Å². The van der Waals surface area contributed by atoms with E-state index in [0.717, 1.165) is 6.42 Å². The summed E-state index contributed by atoms with van der Waals surface area (Å²) >= 11 is 4.50. The molecule has 0 unspecified atom stereocenters. The maximum atomic E-state index is 10.4. The van der Waals surface area contributed by atoms with Gasteiger partial charge in [0.25, 0.3) is 4.82 Å². The van der Waals surface area contributed by atoms with Crippen molar-refractivity contribution in [2.45, 2.75) is 6.42 Å². The third kappa shape index (κ3) is 3.53. The van der Waals surface area contributed by atoms with E-state index in [9.17, 15) is 4.79 Å². The summed E-state index contributed by atoms with van der Waals surface area (Å²) in [5.74, 6) is 0. The topological polar surface area (TPSA) is 29.1 Å². The van der Waals surface area contributed by atoms with Crippen LogP contribution in [-0.2, 0) is 6.42 Å². The Hall–Kier alpha value is -0.350. The van der Waals surface area contributed by atoms with Gasteiger partial charge < -0.3 is 5.32 Å². The first-order valence-corrected chi connectivity index (χ1v) is 4.92. The second-order valence-corrected chi connectivity index (χ2v) is 3.78. The molecule has 60 valence electrons. The molecular formula is C7H8BrNOS. The lowest BCUT2D eigenvalue weighted by Crippen LogP contribution is -2.18. The van der Waals surface area contributed by atoms with Crippen molar-refractivity contribution in [1.29, 1.82) is 0 Å². The van der Waals surface area contributed by atoms with E-state index in [1.807, 2.05) is 11.4 Å². The molecule has 1 rings (SSSR count). The quantitative estimate of drug-likeness (QED) is 0.631. The molecule has 4 heteroatoms. The van der Waals surface area contributed by atoms with Crippen molar-refractivity contribution in [2.24, 2.45) is 0 Å². The number of carbonyl (C=O) groups is 1. The van der Waals surface area contributed by atoms with E-state index in [1.54, 1.807) is 11.3 Å². The molecule has 0 aliphatic rings. The lowest BCUT2D eigenvalue weighted by Gasteiger charge is -1.96. The zero-order valence-corrected chi connectivity index (χ0v) is 8.24. The lowest BCUT2D eigenvalue weighted by atomic mass is 10.3. The second kappa shape index (κ2) is 4.51. The van der Waals surface area contributed by atoms with Crippen molar-refractivity contribution in [2.75, 3.05) is 6.54 Å². The lowest BCUT2D eigenvalue weighted by molar-refractivity contribution is 0.262. The van der Waals surface area contributed by atoms with E-state index >= 15 is 0 Å². The first-order valence-electron chi connectivity index (χ1n) is 3.25. The maximum absolute atomic E-state index is 10.4. The smallest absolute Gasteiger partial charge is 0.287 e. The number of halogens is 1. The predicted octanol–water partition coefficient (Wildman–Crippen LogP) is 2.40. The van der Waals surface area contributed by atoms with Crippen LogP contribution < -0.4 is 5.32 Å². The number of amides is 1. The largest absolute Gasteiger partial charge is 0.346 e. The van der Waals surface area contributed by atoms with E-state index in [-0.39, 0.29) is 4.82 Å². The maximum Gasteiger partial charge on any atom is 0.287 e. The zero-order valence-electron chi connectivity index (χ0n) is 5.84. The number of carbonyl (C=O) groups excluding carboxylic acids is 1. The molecule has 0 aliphatic heterocycles. The van der Waals surface area contributed by atoms with Crippen LogP contribution in [0, 0.1) is 0 Å². The van der Waals surface area contributed by atoms with Gasteiger partial charge in [-0.2, -0.15) is 0 Å². The predicted molar refractivity (Wildman–Crippen MR) is 50.3 cm³/mol. The van der Waals surface area contributed by atoms with Crippen molar-refractivity contribution >= 4 is 32.1 Å². The van der Waals surface area contributed by atoms with Crippen LogP contribution in [0.1, 0.15) is 4.88 Å². The highest BCUT2D eigenvalue weighted by Crippen LogP contribution is 2.07. The minimum atomic E-state index is -0.144. The van der Waals surface area contributed by atoms with Crippen molar-refractivity contribution in [1.82, 2.24) is 5.32 Å². The average molecular weight is 234 g/mol. The van der Waals surface area contributed by atoms with Crippen LogP contribution >= 0.6 is 27.3 Å². The Kier molecular flexibility index (Phi) is 3.59. The normalized spacial score (nSPS) is 9.55. The van der Waals surface area contributed by atoms with E-state index < -0.39 is 0 Å². The van der Waals surface area contributed by atoms with Gasteiger partial charge in [-0.3, -0.25) is 4.79 Å². The monoisotopic (exact) mass is 233 g/mol.